The number of imidazole rings is 1. The summed E-state index contributed by atoms with van der Waals surface area (Å²) in [6, 6.07) is 44.1. The van der Waals surface area contributed by atoms with E-state index in [1.807, 2.05) is 48.5 Å². The van der Waals surface area contributed by atoms with Gasteiger partial charge >= 0.3 is 0 Å². The van der Waals surface area contributed by atoms with Gasteiger partial charge in [0.2, 0.25) is 0 Å². The van der Waals surface area contributed by atoms with E-state index in [2.05, 4.69) is 158 Å². The SMILES string of the molecule is CC(C)c1cc(-c2ccccc2)cc(C(C)C)c1-n1c(-c2[c-]ccc3c2oc2ccccc23)nc2nnncc21.Cc1cc(-c2[c-]cccc2)ncc1[Si](C)(C)C.[Ir]. The Labute approximate surface area is 355 Å². The second-order valence-corrected chi connectivity index (χ2v) is 21.2. The minimum absolute atomic E-state index is 0. The largest absolute Gasteiger partial charge is 0.501 e. The van der Waals surface area contributed by atoms with Crippen LogP contribution in [0.1, 0.15) is 56.2 Å². The van der Waals surface area contributed by atoms with Crippen LogP contribution in [0, 0.1) is 19.1 Å². The van der Waals surface area contributed by atoms with Crippen LogP contribution in [0.25, 0.3) is 72.6 Å². The Morgan fingerprint density at radius 3 is 2.10 bits per heavy atom. The molecule has 7 nitrogen and oxygen atoms in total. The molecular weight excluding hydrogens is 909 g/mol. The van der Waals surface area contributed by atoms with Crippen LogP contribution in [0.2, 0.25) is 19.6 Å². The molecule has 9 rings (SSSR count). The zero-order valence-electron chi connectivity index (χ0n) is 34.1. The molecule has 0 N–H and O–H groups in total. The number of nitrogens with zero attached hydrogens (tertiary/aromatic N) is 6. The van der Waals surface area contributed by atoms with Crippen LogP contribution in [0.4, 0.5) is 0 Å². The van der Waals surface area contributed by atoms with Gasteiger partial charge in [-0.25, -0.2) is 0 Å². The van der Waals surface area contributed by atoms with Crippen molar-refractivity contribution in [2.24, 2.45) is 0 Å². The molecular formula is C49H46IrN6OSi-2. The van der Waals surface area contributed by atoms with Crippen molar-refractivity contribution < 1.29 is 24.5 Å². The van der Waals surface area contributed by atoms with Crippen LogP contribution >= 0.6 is 0 Å². The fourth-order valence-electron chi connectivity index (χ4n) is 7.67. The molecule has 58 heavy (non-hydrogen) atoms. The second kappa shape index (κ2) is 16.7. The minimum Gasteiger partial charge on any atom is -0.501 e. The number of fused-ring (bicyclic) bond motifs is 4. The molecule has 0 aliphatic rings. The number of hydrogen-bond acceptors (Lipinski definition) is 6. The fraction of sp³-hybridized carbons (Fsp3) is 0.204. The molecule has 5 aromatic carbocycles. The first-order valence-corrected chi connectivity index (χ1v) is 23.1. The van der Waals surface area contributed by atoms with Crippen molar-refractivity contribution in [1.29, 1.82) is 0 Å². The summed E-state index contributed by atoms with van der Waals surface area (Å²) in [5.74, 6) is 1.20. The Morgan fingerprint density at radius 1 is 0.724 bits per heavy atom. The van der Waals surface area contributed by atoms with Gasteiger partial charge in [-0.1, -0.05) is 118 Å². The number of furan rings is 1. The van der Waals surface area contributed by atoms with Crippen LogP contribution < -0.4 is 5.19 Å². The number of benzene rings is 5. The predicted molar refractivity (Wildman–Crippen MR) is 236 cm³/mol. The third-order valence-corrected chi connectivity index (χ3v) is 12.6. The summed E-state index contributed by atoms with van der Waals surface area (Å²) in [6.07, 6.45) is 3.80. The van der Waals surface area contributed by atoms with Gasteiger partial charge in [-0.15, -0.1) is 64.3 Å². The van der Waals surface area contributed by atoms with E-state index in [-0.39, 0.29) is 31.9 Å². The van der Waals surface area contributed by atoms with E-state index >= 15 is 0 Å². The Hall–Kier alpha value is -5.60. The zero-order chi connectivity index (χ0) is 39.8. The summed E-state index contributed by atoms with van der Waals surface area (Å²) in [7, 11) is -1.27. The summed E-state index contributed by atoms with van der Waals surface area (Å²) < 4.78 is 8.61. The van der Waals surface area contributed by atoms with Gasteiger partial charge in [-0.05, 0) is 75.3 Å². The van der Waals surface area contributed by atoms with E-state index in [1.165, 1.54) is 33.0 Å². The Kier molecular flexibility index (Phi) is 11.7. The normalized spacial score (nSPS) is 11.6. The van der Waals surface area contributed by atoms with Crippen molar-refractivity contribution >= 4 is 46.4 Å². The zero-order valence-corrected chi connectivity index (χ0v) is 37.5. The van der Waals surface area contributed by atoms with Gasteiger partial charge in [-0.2, -0.15) is 0 Å². The molecule has 0 saturated heterocycles. The predicted octanol–water partition coefficient (Wildman–Crippen LogP) is 11.9. The third kappa shape index (κ3) is 7.82. The molecule has 0 spiro atoms. The van der Waals surface area contributed by atoms with Crippen molar-refractivity contribution in [2.45, 2.75) is 66.1 Å². The third-order valence-electron chi connectivity index (χ3n) is 10.5. The molecule has 1 radical (unpaired) electrons. The molecule has 0 aliphatic carbocycles. The van der Waals surface area contributed by atoms with E-state index in [0.29, 0.717) is 11.5 Å². The Bertz CT molecular complexity index is 2830. The molecule has 0 fully saturated rings. The van der Waals surface area contributed by atoms with Crippen molar-refractivity contribution in [3.63, 3.8) is 0 Å². The van der Waals surface area contributed by atoms with E-state index in [9.17, 15) is 0 Å². The van der Waals surface area contributed by atoms with E-state index < -0.39 is 8.07 Å². The van der Waals surface area contributed by atoms with Gasteiger partial charge in [0.1, 0.15) is 11.1 Å². The smallest absolute Gasteiger partial charge is 0.194 e. The van der Waals surface area contributed by atoms with Gasteiger partial charge in [-0.3, -0.25) is 4.98 Å². The van der Waals surface area contributed by atoms with Crippen LogP contribution in [0.3, 0.4) is 0 Å². The van der Waals surface area contributed by atoms with Gasteiger partial charge in [0.15, 0.2) is 5.65 Å². The molecule has 0 aliphatic heterocycles. The monoisotopic (exact) mass is 955 g/mol. The molecule has 9 heteroatoms. The van der Waals surface area contributed by atoms with E-state index in [1.54, 1.807) is 6.20 Å². The van der Waals surface area contributed by atoms with Crippen LogP contribution in [0.5, 0.6) is 0 Å². The number of hydrogen-bond donors (Lipinski definition) is 0. The first kappa shape index (κ1) is 40.6. The molecule has 0 saturated carbocycles. The summed E-state index contributed by atoms with van der Waals surface area (Å²) in [4.78, 5) is 9.60. The van der Waals surface area contributed by atoms with Crippen molar-refractivity contribution in [3.8, 4) is 39.5 Å². The van der Waals surface area contributed by atoms with Crippen molar-refractivity contribution in [3.05, 3.63) is 150 Å². The summed E-state index contributed by atoms with van der Waals surface area (Å²) >= 11 is 0. The molecule has 9 aromatic rings. The standard InChI is InChI=1S/C34H28N5O.C15H18NSi.Ir/c1-20(2)27-17-23(22-11-6-5-7-12-22)18-28(21(3)4)31(27)39-29-19-35-38-37-33(29)36-34(39)26-15-10-14-25-24-13-8-9-16-30(24)40-32(25)26;1-12-10-14(13-8-6-5-7-9-13)16-11-15(12)17(2,3)4;/h5-14,16-21H,1-4H3;5-8,10-11H,1-4H3;/q2*-1;. The minimum atomic E-state index is -1.27. The molecule has 0 bridgehead atoms. The van der Waals surface area contributed by atoms with Gasteiger partial charge < -0.3 is 14.0 Å². The van der Waals surface area contributed by atoms with Crippen LogP contribution in [0.15, 0.2) is 126 Å². The number of para-hydroxylation sites is 1. The number of rotatable bonds is 7. The van der Waals surface area contributed by atoms with Gasteiger partial charge in [0, 0.05) is 37.4 Å². The van der Waals surface area contributed by atoms with Crippen LogP contribution in [-0.2, 0) is 20.1 Å². The summed E-state index contributed by atoms with van der Waals surface area (Å²) in [5.41, 5.74) is 13.1. The quantitative estimate of drug-likeness (QED) is 0.117. The Balaban J connectivity index is 0.000000240. The molecule has 293 valence electrons. The molecule has 0 unspecified atom stereocenters. The van der Waals surface area contributed by atoms with E-state index in [4.69, 9.17) is 9.40 Å². The number of aromatic nitrogens is 6. The van der Waals surface area contributed by atoms with Crippen LogP contribution in [-0.4, -0.2) is 38.0 Å². The van der Waals surface area contributed by atoms with E-state index in [0.717, 1.165) is 50.0 Å². The molecule has 0 atom stereocenters. The number of pyridine rings is 1. The summed E-state index contributed by atoms with van der Waals surface area (Å²) in [5, 5.41) is 15.9. The van der Waals surface area contributed by atoms with Crippen molar-refractivity contribution in [2.75, 3.05) is 0 Å². The molecule has 4 aromatic heterocycles. The maximum Gasteiger partial charge on any atom is 0.194 e. The number of aryl methyl sites for hydroxylation is 1. The topological polar surface area (TPSA) is 82.5 Å². The summed E-state index contributed by atoms with van der Waals surface area (Å²) in [6.45, 7) is 18.2. The maximum absolute atomic E-state index is 6.42. The van der Waals surface area contributed by atoms with Crippen molar-refractivity contribution in [1.82, 2.24) is 29.9 Å². The molecule has 0 amide bonds. The Morgan fingerprint density at radius 2 is 1.43 bits per heavy atom. The first-order valence-electron chi connectivity index (χ1n) is 19.6. The fourth-order valence-corrected chi connectivity index (χ4v) is 9.37. The average Bonchev–Trinajstić information content (AvgIpc) is 3.79. The first-order chi connectivity index (χ1) is 27.5. The van der Waals surface area contributed by atoms with Gasteiger partial charge in [0.25, 0.3) is 0 Å². The average molecular weight is 955 g/mol. The van der Waals surface area contributed by atoms with Gasteiger partial charge in [0.05, 0.1) is 25.7 Å². The maximum atomic E-state index is 6.42. The second-order valence-electron chi connectivity index (χ2n) is 16.2. The molecule has 4 heterocycles.